The number of hydrogen-bond acceptors (Lipinski definition) is 3. The van der Waals surface area contributed by atoms with E-state index in [0.29, 0.717) is 0 Å². The van der Waals surface area contributed by atoms with Crippen LogP contribution in [0.5, 0.6) is 0 Å². The molecule has 0 rings (SSSR count). The van der Waals surface area contributed by atoms with Crippen molar-refractivity contribution in [3.63, 3.8) is 0 Å². The maximum Gasteiger partial charge on any atom is 0.469 e. The highest BCUT2D eigenvalue weighted by Gasteiger charge is 2.12. The van der Waals surface area contributed by atoms with Crippen LogP contribution < -0.4 is 0 Å². The molecule has 0 atom stereocenters. The fraction of sp³-hybridized carbons (Fsp3) is 0.947. The van der Waals surface area contributed by atoms with E-state index in [-0.39, 0.29) is 6.61 Å². The third-order valence-corrected chi connectivity index (χ3v) is 5.49. The lowest BCUT2D eigenvalue weighted by Crippen LogP contribution is -1.92. The first-order valence-electron chi connectivity index (χ1n) is 10.3. The van der Waals surface area contributed by atoms with Gasteiger partial charge in [-0.3, -0.25) is 4.52 Å². The number of phosphoric ester groups is 1. The highest BCUT2D eigenvalue weighted by atomic mass is 32.1. The van der Waals surface area contributed by atoms with Crippen LogP contribution in [0.15, 0.2) is 0 Å². The van der Waals surface area contributed by atoms with Crippen LogP contribution >= 0.6 is 32.7 Å². The summed E-state index contributed by atoms with van der Waals surface area (Å²) in [7, 11) is -4.27. The molecule has 0 aromatic heterocycles. The lowest BCUT2D eigenvalue weighted by atomic mass is 10.0. The third kappa shape index (κ3) is 24.6. The van der Waals surface area contributed by atoms with Crippen molar-refractivity contribution >= 4 is 36.9 Å². The van der Waals surface area contributed by atoms with Gasteiger partial charge in [0.15, 0.2) is 0 Å². The first kappa shape index (κ1) is 26.6. The summed E-state index contributed by atoms with van der Waals surface area (Å²) in [5.41, 5.74) is 0. The SMILES string of the molecule is O=P(O)(O)OCCCCCCCCCCCCCCCCCCC(=S)S. The Morgan fingerprint density at radius 3 is 1.31 bits per heavy atom. The van der Waals surface area contributed by atoms with Gasteiger partial charge in [0.05, 0.1) is 6.61 Å². The molecule has 0 aromatic carbocycles. The highest BCUT2D eigenvalue weighted by molar-refractivity contribution is 8.11. The Morgan fingerprint density at radius 1 is 0.692 bits per heavy atom. The largest absolute Gasteiger partial charge is 0.469 e. The second-order valence-corrected chi connectivity index (χ2v) is 9.70. The average molecular weight is 427 g/mol. The second-order valence-electron chi connectivity index (χ2n) is 7.12. The van der Waals surface area contributed by atoms with Crippen molar-refractivity contribution in [3.8, 4) is 0 Å². The van der Waals surface area contributed by atoms with E-state index in [1.807, 2.05) is 0 Å². The zero-order valence-electron chi connectivity index (χ0n) is 16.2. The Morgan fingerprint density at radius 2 is 1.00 bits per heavy atom. The number of unbranched alkanes of at least 4 members (excludes halogenated alkanes) is 15. The fourth-order valence-electron chi connectivity index (χ4n) is 3.04. The molecule has 0 aliphatic rings. The molecule has 0 bridgehead atoms. The van der Waals surface area contributed by atoms with E-state index in [4.69, 9.17) is 22.0 Å². The Kier molecular flexibility index (Phi) is 19.3. The Labute approximate surface area is 171 Å². The molecule has 0 radical (unpaired) electrons. The van der Waals surface area contributed by atoms with Gasteiger partial charge in [-0.1, -0.05) is 102 Å². The number of thiol groups is 1. The standard InChI is InChI=1S/C19H39O4PS2/c20-24(21,22)23-18-16-14-12-10-8-6-4-2-1-3-5-7-9-11-13-15-17-19(25)26/h1-18H2,(H,25,26)(H2,20,21,22). The van der Waals surface area contributed by atoms with E-state index < -0.39 is 7.82 Å². The quantitative estimate of drug-likeness (QED) is 0.0847. The monoisotopic (exact) mass is 426 g/mol. The van der Waals surface area contributed by atoms with Crippen LogP contribution in [-0.4, -0.2) is 20.6 Å². The summed E-state index contributed by atoms with van der Waals surface area (Å²) in [4.78, 5) is 17.1. The Hall–Kier alpha value is 0.550. The first-order valence-corrected chi connectivity index (χ1v) is 12.7. The van der Waals surface area contributed by atoms with E-state index in [2.05, 4.69) is 17.2 Å². The highest BCUT2D eigenvalue weighted by Crippen LogP contribution is 2.35. The summed E-state index contributed by atoms with van der Waals surface area (Å²) in [6.45, 7) is 0.161. The lowest BCUT2D eigenvalue weighted by molar-refractivity contribution is 0.193. The van der Waals surface area contributed by atoms with Gasteiger partial charge in [-0.2, -0.15) is 0 Å². The number of thiocarbonyl (C=S) groups is 1. The van der Waals surface area contributed by atoms with E-state index in [0.717, 1.165) is 29.9 Å². The van der Waals surface area contributed by atoms with Crippen LogP contribution in [0.25, 0.3) is 0 Å². The zero-order chi connectivity index (χ0) is 19.5. The predicted molar refractivity (Wildman–Crippen MR) is 118 cm³/mol. The molecule has 156 valence electrons. The minimum absolute atomic E-state index is 0.161. The van der Waals surface area contributed by atoms with Crippen molar-refractivity contribution in [1.82, 2.24) is 0 Å². The molecule has 0 unspecified atom stereocenters. The molecule has 0 saturated heterocycles. The summed E-state index contributed by atoms with van der Waals surface area (Å²) in [5, 5.41) is 0. The molecule has 0 aliphatic heterocycles. The summed E-state index contributed by atoms with van der Waals surface area (Å²) < 4.78 is 15.8. The third-order valence-electron chi connectivity index (χ3n) is 4.54. The van der Waals surface area contributed by atoms with Crippen molar-refractivity contribution in [2.24, 2.45) is 0 Å². The summed E-state index contributed by atoms with van der Waals surface area (Å²) in [6, 6.07) is 0. The van der Waals surface area contributed by atoms with Crippen LogP contribution in [0.2, 0.25) is 0 Å². The van der Waals surface area contributed by atoms with Gasteiger partial charge in [0.2, 0.25) is 0 Å². The van der Waals surface area contributed by atoms with Crippen molar-refractivity contribution in [2.45, 2.75) is 109 Å². The van der Waals surface area contributed by atoms with Gasteiger partial charge < -0.3 is 9.79 Å². The maximum atomic E-state index is 10.5. The minimum atomic E-state index is -4.27. The maximum absolute atomic E-state index is 10.5. The molecule has 4 nitrogen and oxygen atoms in total. The number of hydrogen-bond donors (Lipinski definition) is 3. The molecule has 0 aliphatic carbocycles. The second kappa shape index (κ2) is 18.9. The molecule has 0 saturated carbocycles. The summed E-state index contributed by atoms with van der Waals surface area (Å²) in [6.07, 6.45) is 21.0. The molecular formula is C19H39O4PS2. The minimum Gasteiger partial charge on any atom is -0.303 e. The Bertz CT molecular complexity index is 375. The van der Waals surface area contributed by atoms with Crippen LogP contribution in [0.4, 0.5) is 0 Å². The van der Waals surface area contributed by atoms with Gasteiger partial charge in [-0.05, 0) is 19.3 Å². The van der Waals surface area contributed by atoms with Crippen molar-refractivity contribution in [2.75, 3.05) is 6.61 Å². The molecular weight excluding hydrogens is 387 g/mol. The molecule has 0 aromatic rings. The van der Waals surface area contributed by atoms with Crippen LogP contribution in [-0.2, 0) is 9.09 Å². The normalized spacial score (nSPS) is 11.8. The van der Waals surface area contributed by atoms with Crippen LogP contribution in [0, 0.1) is 0 Å². The number of phosphoric acid groups is 1. The van der Waals surface area contributed by atoms with E-state index in [1.54, 1.807) is 0 Å². The lowest BCUT2D eigenvalue weighted by Gasteiger charge is -2.05. The first-order chi connectivity index (χ1) is 12.4. The van der Waals surface area contributed by atoms with Crippen LogP contribution in [0.3, 0.4) is 0 Å². The predicted octanol–water partition coefficient (Wildman–Crippen LogP) is 6.98. The molecule has 0 heterocycles. The van der Waals surface area contributed by atoms with Gasteiger partial charge >= 0.3 is 7.82 Å². The summed E-state index contributed by atoms with van der Waals surface area (Å²) in [5.74, 6) is 0. The van der Waals surface area contributed by atoms with Gasteiger partial charge in [-0.25, -0.2) is 4.57 Å². The fourth-order valence-corrected chi connectivity index (χ4v) is 3.71. The van der Waals surface area contributed by atoms with E-state index in [9.17, 15) is 4.57 Å². The summed E-state index contributed by atoms with van der Waals surface area (Å²) >= 11 is 9.10. The van der Waals surface area contributed by atoms with Gasteiger partial charge in [0.25, 0.3) is 0 Å². The molecule has 0 fully saturated rings. The van der Waals surface area contributed by atoms with Gasteiger partial charge in [-0.15, -0.1) is 12.6 Å². The van der Waals surface area contributed by atoms with Crippen molar-refractivity contribution in [3.05, 3.63) is 0 Å². The molecule has 7 heteroatoms. The van der Waals surface area contributed by atoms with Gasteiger partial charge in [0, 0.05) is 4.20 Å². The van der Waals surface area contributed by atoms with E-state index >= 15 is 0 Å². The average Bonchev–Trinajstić information content (AvgIpc) is 2.55. The van der Waals surface area contributed by atoms with Crippen LogP contribution in [0.1, 0.15) is 109 Å². The van der Waals surface area contributed by atoms with Gasteiger partial charge in [0.1, 0.15) is 0 Å². The Balaban J connectivity index is 3.05. The zero-order valence-corrected chi connectivity index (χ0v) is 18.8. The smallest absolute Gasteiger partial charge is 0.303 e. The van der Waals surface area contributed by atoms with Crippen molar-refractivity contribution in [1.29, 1.82) is 0 Å². The molecule has 0 spiro atoms. The topological polar surface area (TPSA) is 66.8 Å². The number of rotatable bonds is 20. The molecule has 0 amide bonds. The molecule has 26 heavy (non-hydrogen) atoms. The molecule has 2 N–H and O–H groups in total. The van der Waals surface area contributed by atoms with E-state index in [1.165, 1.54) is 83.5 Å². The van der Waals surface area contributed by atoms with Crippen molar-refractivity contribution < 1.29 is 18.9 Å².